The van der Waals surface area contributed by atoms with Crippen molar-refractivity contribution in [1.29, 1.82) is 5.26 Å². The van der Waals surface area contributed by atoms with Crippen molar-refractivity contribution < 1.29 is 4.79 Å². The van der Waals surface area contributed by atoms with Gasteiger partial charge in [-0.25, -0.2) is 5.43 Å². The van der Waals surface area contributed by atoms with Gasteiger partial charge in [0.1, 0.15) is 0 Å². The highest BCUT2D eigenvalue weighted by molar-refractivity contribution is 6.00. The fraction of sp³-hybridized carbons (Fsp3) is 0.0800. The molecule has 1 heterocycles. The summed E-state index contributed by atoms with van der Waals surface area (Å²) in [5.41, 5.74) is 7.66. The topological polar surface area (TPSA) is 70.2 Å². The molecule has 0 spiro atoms. The van der Waals surface area contributed by atoms with Gasteiger partial charge in [-0.3, -0.25) is 4.79 Å². The second-order valence-corrected chi connectivity index (χ2v) is 7.01. The second-order valence-electron chi connectivity index (χ2n) is 7.01. The van der Waals surface area contributed by atoms with Crippen LogP contribution in [0.2, 0.25) is 0 Å². The summed E-state index contributed by atoms with van der Waals surface area (Å²) in [7, 11) is 0. The van der Waals surface area contributed by atoms with E-state index < -0.39 is 0 Å². The quantitative estimate of drug-likeness (QED) is 0.397. The second kappa shape index (κ2) is 8.46. The molecule has 0 radical (unpaired) electrons. The number of carbonyl (C=O) groups is 1. The van der Waals surface area contributed by atoms with Crippen LogP contribution in [0.5, 0.6) is 0 Å². The SMILES string of the molecule is Cc1ccccc1C(=O)N/N=C/c1cn(Cc2ccccc2C#N)c2ccccc12. The maximum Gasteiger partial charge on any atom is 0.271 e. The Bertz CT molecular complexity index is 1290. The Kier molecular flexibility index (Phi) is 5.40. The van der Waals surface area contributed by atoms with Crippen LogP contribution in [0.4, 0.5) is 0 Å². The molecule has 0 saturated carbocycles. The normalized spacial score (nSPS) is 10.9. The minimum atomic E-state index is -0.240. The highest BCUT2D eigenvalue weighted by Crippen LogP contribution is 2.22. The molecule has 0 aliphatic carbocycles. The number of aromatic nitrogens is 1. The highest BCUT2D eigenvalue weighted by Gasteiger charge is 2.10. The molecule has 1 N–H and O–H groups in total. The Balaban J connectivity index is 1.61. The van der Waals surface area contributed by atoms with Gasteiger partial charge in [0, 0.05) is 34.8 Å². The molecule has 5 heteroatoms. The largest absolute Gasteiger partial charge is 0.342 e. The lowest BCUT2D eigenvalue weighted by Gasteiger charge is -2.07. The molecule has 30 heavy (non-hydrogen) atoms. The van der Waals surface area contributed by atoms with Gasteiger partial charge in [-0.15, -0.1) is 0 Å². The molecular weight excluding hydrogens is 372 g/mol. The molecule has 0 unspecified atom stereocenters. The number of rotatable bonds is 5. The van der Waals surface area contributed by atoms with Crippen molar-refractivity contribution in [2.45, 2.75) is 13.5 Å². The lowest BCUT2D eigenvalue weighted by atomic mass is 10.1. The zero-order valence-corrected chi connectivity index (χ0v) is 16.5. The fourth-order valence-corrected chi connectivity index (χ4v) is 3.51. The van der Waals surface area contributed by atoms with Crippen LogP contribution in [0.1, 0.15) is 32.6 Å². The van der Waals surface area contributed by atoms with E-state index in [-0.39, 0.29) is 5.91 Å². The third kappa shape index (κ3) is 3.85. The lowest BCUT2D eigenvalue weighted by Crippen LogP contribution is -2.18. The van der Waals surface area contributed by atoms with Gasteiger partial charge in [0.2, 0.25) is 0 Å². The van der Waals surface area contributed by atoms with E-state index >= 15 is 0 Å². The predicted molar refractivity (Wildman–Crippen MR) is 118 cm³/mol. The average molecular weight is 392 g/mol. The number of nitrogens with zero attached hydrogens (tertiary/aromatic N) is 3. The number of carbonyl (C=O) groups excluding carboxylic acids is 1. The van der Waals surface area contributed by atoms with Crippen LogP contribution in [-0.4, -0.2) is 16.7 Å². The predicted octanol–water partition coefficient (Wildman–Crippen LogP) is 4.63. The molecule has 146 valence electrons. The molecule has 4 aromatic rings. The van der Waals surface area contributed by atoms with E-state index in [0.717, 1.165) is 27.6 Å². The Morgan fingerprint density at radius 2 is 1.80 bits per heavy atom. The number of amides is 1. The van der Waals surface area contributed by atoms with Gasteiger partial charge >= 0.3 is 0 Å². The van der Waals surface area contributed by atoms with Gasteiger partial charge < -0.3 is 4.57 Å². The minimum absolute atomic E-state index is 0.240. The molecule has 1 amide bonds. The molecule has 0 fully saturated rings. The third-order valence-corrected chi connectivity index (χ3v) is 5.06. The lowest BCUT2D eigenvalue weighted by molar-refractivity contribution is 0.0954. The first kappa shape index (κ1) is 19.2. The monoisotopic (exact) mass is 392 g/mol. The molecule has 4 rings (SSSR count). The Morgan fingerprint density at radius 3 is 2.63 bits per heavy atom. The number of hydrogen-bond donors (Lipinski definition) is 1. The number of hydrazone groups is 1. The van der Waals surface area contributed by atoms with Crippen LogP contribution >= 0.6 is 0 Å². The average Bonchev–Trinajstić information content (AvgIpc) is 3.12. The van der Waals surface area contributed by atoms with Gasteiger partial charge in [0.25, 0.3) is 5.91 Å². The number of nitrogens with one attached hydrogen (secondary N) is 1. The third-order valence-electron chi connectivity index (χ3n) is 5.06. The Morgan fingerprint density at radius 1 is 1.07 bits per heavy atom. The van der Waals surface area contributed by atoms with Gasteiger partial charge in [0.15, 0.2) is 0 Å². The van der Waals surface area contributed by atoms with Crippen LogP contribution < -0.4 is 5.43 Å². The Labute approximate surface area is 174 Å². The van der Waals surface area contributed by atoms with E-state index in [9.17, 15) is 10.1 Å². The van der Waals surface area contributed by atoms with Crippen molar-refractivity contribution in [2.75, 3.05) is 0 Å². The van der Waals surface area contributed by atoms with Gasteiger partial charge in [0.05, 0.1) is 17.8 Å². The van der Waals surface area contributed by atoms with Crippen LogP contribution in [0.25, 0.3) is 10.9 Å². The molecule has 0 aliphatic rings. The first-order valence-electron chi connectivity index (χ1n) is 9.62. The molecule has 0 saturated heterocycles. The zero-order valence-electron chi connectivity index (χ0n) is 16.5. The van der Waals surface area contributed by atoms with E-state index in [1.54, 1.807) is 12.3 Å². The molecule has 0 atom stereocenters. The molecule has 0 bridgehead atoms. The molecule has 1 aromatic heterocycles. The van der Waals surface area contributed by atoms with Crippen LogP contribution in [0, 0.1) is 18.3 Å². The molecule has 0 aliphatic heterocycles. The van der Waals surface area contributed by atoms with Gasteiger partial charge in [-0.05, 0) is 36.2 Å². The van der Waals surface area contributed by atoms with Crippen LogP contribution in [-0.2, 0) is 6.54 Å². The summed E-state index contributed by atoms with van der Waals surface area (Å²) in [6.45, 7) is 2.47. The summed E-state index contributed by atoms with van der Waals surface area (Å²) >= 11 is 0. The summed E-state index contributed by atoms with van der Waals surface area (Å²) < 4.78 is 2.09. The van der Waals surface area contributed by atoms with Crippen molar-refractivity contribution in [3.63, 3.8) is 0 Å². The number of para-hydroxylation sites is 1. The number of nitriles is 1. The maximum atomic E-state index is 12.4. The van der Waals surface area contributed by atoms with Gasteiger partial charge in [-0.1, -0.05) is 54.6 Å². The number of aryl methyl sites for hydroxylation is 1. The molecular formula is C25H20N4O. The van der Waals surface area contributed by atoms with E-state index in [1.165, 1.54) is 0 Å². The number of benzene rings is 3. The van der Waals surface area contributed by atoms with Crippen molar-refractivity contribution >= 4 is 23.0 Å². The van der Waals surface area contributed by atoms with Crippen molar-refractivity contribution in [1.82, 2.24) is 9.99 Å². The van der Waals surface area contributed by atoms with Crippen molar-refractivity contribution in [3.05, 3.63) is 107 Å². The minimum Gasteiger partial charge on any atom is -0.342 e. The van der Waals surface area contributed by atoms with E-state index in [4.69, 9.17) is 0 Å². The smallest absolute Gasteiger partial charge is 0.271 e. The van der Waals surface area contributed by atoms with Crippen LogP contribution in [0.15, 0.2) is 84.1 Å². The van der Waals surface area contributed by atoms with E-state index in [0.29, 0.717) is 17.7 Å². The zero-order chi connectivity index (χ0) is 20.9. The molecule has 5 nitrogen and oxygen atoms in total. The molecule has 3 aromatic carbocycles. The van der Waals surface area contributed by atoms with Crippen LogP contribution in [0.3, 0.4) is 0 Å². The first-order chi connectivity index (χ1) is 14.7. The van der Waals surface area contributed by atoms with Gasteiger partial charge in [-0.2, -0.15) is 10.4 Å². The summed E-state index contributed by atoms with van der Waals surface area (Å²) in [5.74, 6) is -0.240. The maximum absolute atomic E-state index is 12.4. The summed E-state index contributed by atoms with van der Waals surface area (Å²) in [6.07, 6.45) is 3.65. The number of fused-ring (bicyclic) bond motifs is 1. The summed E-state index contributed by atoms with van der Waals surface area (Å²) in [4.78, 5) is 12.4. The highest BCUT2D eigenvalue weighted by atomic mass is 16.2. The Hall–Kier alpha value is -4.17. The van der Waals surface area contributed by atoms with E-state index in [1.807, 2.05) is 79.9 Å². The fourth-order valence-electron chi connectivity index (χ4n) is 3.51. The van der Waals surface area contributed by atoms with Crippen molar-refractivity contribution in [2.24, 2.45) is 5.10 Å². The standard InChI is InChI=1S/C25H20N4O/c1-18-8-2-5-11-22(18)25(30)28-27-15-21-17-29(24-13-7-6-12-23(21)24)16-20-10-4-3-9-19(20)14-26/h2-13,15,17H,16H2,1H3,(H,28,30)/b27-15+. The van der Waals surface area contributed by atoms with E-state index in [2.05, 4.69) is 21.2 Å². The summed E-state index contributed by atoms with van der Waals surface area (Å²) in [6, 6.07) is 25.2. The summed E-state index contributed by atoms with van der Waals surface area (Å²) in [5, 5.41) is 14.6. The van der Waals surface area contributed by atoms with Crippen molar-refractivity contribution in [3.8, 4) is 6.07 Å². The number of hydrogen-bond acceptors (Lipinski definition) is 3. The first-order valence-corrected chi connectivity index (χ1v) is 9.62.